The van der Waals surface area contributed by atoms with Crippen molar-refractivity contribution in [2.24, 2.45) is 15.2 Å². The molecule has 10 heteroatoms. The normalized spacial score (nSPS) is 15.3. The topological polar surface area (TPSA) is 132 Å². The number of carboxylic acid groups (broad SMARTS) is 1. The molecule has 1 saturated heterocycles. The molecule has 0 bridgehead atoms. The van der Waals surface area contributed by atoms with E-state index in [1.807, 2.05) is 18.2 Å². The van der Waals surface area contributed by atoms with Gasteiger partial charge in [0.2, 0.25) is 0 Å². The first-order valence-electron chi connectivity index (χ1n) is 11.9. The molecule has 0 radical (unpaired) electrons. The molecule has 5 rings (SSSR count). The molecule has 4 aromatic rings. The van der Waals surface area contributed by atoms with Gasteiger partial charge in [-0.25, -0.2) is 14.7 Å². The monoisotopic (exact) mass is 548 g/mol. The van der Waals surface area contributed by atoms with Crippen LogP contribution < -0.4 is 0 Å². The predicted molar refractivity (Wildman–Crippen MR) is 152 cm³/mol. The summed E-state index contributed by atoms with van der Waals surface area (Å²) in [6.45, 7) is 0. The zero-order chi connectivity index (χ0) is 28.1. The largest absolute Gasteiger partial charge is 0.507 e. The van der Waals surface area contributed by atoms with Gasteiger partial charge in [-0.2, -0.15) is 10.2 Å². The van der Waals surface area contributed by atoms with E-state index in [9.17, 15) is 19.5 Å². The van der Waals surface area contributed by atoms with Crippen LogP contribution in [0.25, 0.3) is 6.08 Å². The number of imide groups is 1. The molecule has 0 saturated carbocycles. The van der Waals surface area contributed by atoms with Gasteiger partial charge in [-0.05, 0) is 84.6 Å². The highest BCUT2D eigenvalue weighted by molar-refractivity contribution is 8.18. The van der Waals surface area contributed by atoms with E-state index in [2.05, 4.69) is 15.2 Å². The average molecular weight is 549 g/mol. The Morgan fingerprint density at radius 3 is 2.05 bits per heavy atom. The summed E-state index contributed by atoms with van der Waals surface area (Å²) in [5.74, 6) is -2.36. The number of hydrogen-bond donors (Lipinski definition) is 2. The molecule has 2 amide bonds. The summed E-state index contributed by atoms with van der Waals surface area (Å²) in [6.07, 6.45) is 1.46. The first kappa shape index (κ1) is 26.3. The summed E-state index contributed by atoms with van der Waals surface area (Å²) < 4.78 is 0. The number of carbonyl (C=O) groups is 3. The number of rotatable bonds is 6. The smallest absolute Gasteiger partial charge is 0.335 e. The first-order chi connectivity index (χ1) is 19.4. The van der Waals surface area contributed by atoms with Crippen LogP contribution in [0.3, 0.4) is 0 Å². The number of nitrogens with zero attached hydrogens (tertiary/aromatic N) is 4. The number of azo groups is 1. The Kier molecular flexibility index (Phi) is 7.61. The van der Waals surface area contributed by atoms with Crippen molar-refractivity contribution in [1.82, 2.24) is 4.90 Å². The number of hydrogen-bond acceptors (Lipinski definition) is 8. The number of carboxylic acids is 1. The number of thioether (sulfide) groups is 1. The van der Waals surface area contributed by atoms with Crippen LogP contribution >= 0.6 is 11.8 Å². The SMILES string of the molecule is O=C(O)c1ccc(N=C2SC(=Cc3cc(N=Nc4ccccc4)ccc3O)C(=O)N2C(=O)c2ccccc2)cc1. The zero-order valence-electron chi connectivity index (χ0n) is 20.7. The highest BCUT2D eigenvalue weighted by atomic mass is 32.2. The highest BCUT2D eigenvalue weighted by Gasteiger charge is 2.38. The van der Waals surface area contributed by atoms with E-state index >= 15 is 0 Å². The van der Waals surface area contributed by atoms with Crippen molar-refractivity contribution in [3.05, 3.63) is 125 Å². The van der Waals surface area contributed by atoms with Gasteiger partial charge in [-0.1, -0.05) is 36.4 Å². The van der Waals surface area contributed by atoms with E-state index < -0.39 is 17.8 Å². The van der Waals surface area contributed by atoms with Gasteiger partial charge in [0, 0.05) is 11.1 Å². The lowest BCUT2D eigenvalue weighted by Crippen LogP contribution is -2.35. The minimum atomic E-state index is -1.08. The van der Waals surface area contributed by atoms with Gasteiger partial charge in [0.15, 0.2) is 5.17 Å². The predicted octanol–water partition coefficient (Wildman–Crippen LogP) is 6.95. The number of carbonyl (C=O) groups excluding carboxylic acids is 2. The summed E-state index contributed by atoms with van der Waals surface area (Å²) in [6, 6.07) is 27.8. The number of amides is 2. The number of aliphatic imine (C=N–C) groups is 1. The summed E-state index contributed by atoms with van der Waals surface area (Å²) in [5, 5.41) is 28.1. The van der Waals surface area contributed by atoms with Crippen molar-refractivity contribution in [3.63, 3.8) is 0 Å². The number of aromatic hydroxyl groups is 1. The Bertz CT molecular complexity index is 1680. The molecule has 1 heterocycles. The number of phenols is 1. The Hall–Kier alpha value is -5.35. The van der Waals surface area contributed by atoms with Crippen LogP contribution in [-0.4, -0.2) is 38.1 Å². The molecule has 0 spiro atoms. The molecule has 1 aliphatic heterocycles. The minimum Gasteiger partial charge on any atom is -0.507 e. The molecule has 0 unspecified atom stereocenters. The van der Waals surface area contributed by atoms with E-state index in [0.29, 0.717) is 22.6 Å². The molecule has 4 aromatic carbocycles. The second-order valence-electron chi connectivity index (χ2n) is 8.45. The summed E-state index contributed by atoms with van der Waals surface area (Å²) in [5.41, 5.74) is 2.14. The van der Waals surface area contributed by atoms with Crippen molar-refractivity contribution in [3.8, 4) is 5.75 Å². The lowest BCUT2D eigenvalue weighted by molar-refractivity contribution is -0.120. The number of aromatic carboxylic acids is 1. The van der Waals surface area contributed by atoms with Gasteiger partial charge < -0.3 is 10.2 Å². The van der Waals surface area contributed by atoms with Crippen LogP contribution in [0, 0.1) is 0 Å². The van der Waals surface area contributed by atoms with E-state index in [4.69, 9.17) is 5.11 Å². The molecular formula is C30H20N4O5S. The summed E-state index contributed by atoms with van der Waals surface area (Å²) in [7, 11) is 0. The van der Waals surface area contributed by atoms with Gasteiger partial charge >= 0.3 is 5.97 Å². The van der Waals surface area contributed by atoms with E-state index in [1.165, 1.54) is 36.4 Å². The van der Waals surface area contributed by atoms with Crippen molar-refractivity contribution >= 4 is 57.9 Å². The van der Waals surface area contributed by atoms with Crippen molar-refractivity contribution in [1.29, 1.82) is 0 Å². The van der Waals surface area contributed by atoms with Crippen LogP contribution in [0.4, 0.5) is 17.1 Å². The van der Waals surface area contributed by atoms with Gasteiger partial charge in [-0.3, -0.25) is 9.59 Å². The third-order valence-corrected chi connectivity index (χ3v) is 6.67. The number of amidine groups is 1. The van der Waals surface area contributed by atoms with E-state index in [0.717, 1.165) is 16.7 Å². The molecule has 0 aromatic heterocycles. The zero-order valence-corrected chi connectivity index (χ0v) is 21.5. The molecule has 0 atom stereocenters. The molecule has 1 aliphatic rings. The maximum absolute atomic E-state index is 13.5. The lowest BCUT2D eigenvalue weighted by Gasteiger charge is -2.13. The molecule has 196 valence electrons. The van der Waals surface area contributed by atoms with Gasteiger partial charge in [-0.15, -0.1) is 0 Å². The maximum atomic E-state index is 13.5. The second kappa shape index (κ2) is 11.6. The second-order valence-corrected chi connectivity index (χ2v) is 9.46. The molecular weight excluding hydrogens is 528 g/mol. The molecule has 9 nitrogen and oxygen atoms in total. The number of benzene rings is 4. The molecule has 0 aliphatic carbocycles. The van der Waals surface area contributed by atoms with E-state index in [1.54, 1.807) is 54.6 Å². The highest BCUT2D eigenvalue weighted by Crippen LogP contribution is 2.37. The van der Waals surface area contributed by atoms with Crippen molar-refractivity contribution in [2.45, 2.75) is 0 Å². The third-order valence-electron chi connectivity index (χ3n) is 5.70. The Balaban J connectivity index is 1.51. The van der Waals surface area contributed by atoms with Gasteiger partial charge in [0.05, 0.1) is 27.5 Å². The quantitative estimate of drug-likeness (QED) is 0.152. The van der Waals surface area contributed by atoms with Crippen molar-refractivity contribution < 1.29 is 24.6 Å². The summed E-state index contributed by atoms with van der Waals surface area (Å²) >= 11 is 0.960. The third kappa shape index (κ3) is 5.87. The first-order valence-corrected chi connectivity index (χ1v) is 12.8. The standard InChI is InChI=1S/C30H20N4O5S/c35-25-16-15-24(33-32-23-9-5-2-6-10-23)17-21(25)18-26-28(37)34(27(36)19-7-3-1-4-8-19)30(40-26)31-22-13-11-20(12-14-22)29(38)39/h1-18,35H,(H,38,39). The molecule has 1 fully saturated rings. The van der Waals surface area contributed by atoms with Crippen LogP contribution in [0.1, 0.15) is 26.3 Å². The fraction of sp³-hybridized carbons (Fsp3) is 0. The van der Waals surface area contributed by atoms with Crippen LogP contribution in [0.15, 0.2) is 123 Å². The van der Waals surface area contributed by atoms with Gasteiger partial charge in [0.1, 0.15) is 5.75 Å². The fourth-order valence-corrected chi connectivity index (χ4v) is 4.67. The Morgan fingerprint density at radius 1 is 0.750 bits per heavy atom. The minimum absolute atomic E-state index is 0.0803. The maximum Gasteiger partial charge on any atom is 0.335 e. The van der Waals surface area contributed by atoms with Gasteiger partial charge in [0.25, 0.3) is 11.8 Å². The van der Waals surface area contributed by atoms with Crippen LogP contribution in [0.5, 0.6) is 5.75 Å². The summed E-state index contributed by atoms with van der Waals surface area (Å²) in [4.78, 5) is 43.7. The Morgan fingerprint density at radius 2 is 1.38 bits per heavy atom. The molecule has 2 N–H and O–H groups in total. The molecule has 40 heavy (non-hydrogen) atoms. The number of phenolic OH excluding ortho intramolecular Hbond substituents is 1. The fourth-order valence-electron chi connectivity index (χ4n) is 3.70. The van der Waals surface area contributed by atoms with E-state index in [-0.39, 0.29) is 26.9 Å². The lowest BCUT2D eigenvalue weighted by atomic mass is 10.1. The average Bonchev–Trinajstić information content (AvgIpc) is 3.28. The van der Waals surface area contributed by atoms with Crippen molar-refractivity contribution in [2.75, 3.05) is 0 Å². The van der Waals surface area contributed by atoms with Crippen LogP contribution in [-0.2, 0) is 4.79 Å². The van der Waals surface area contributed by atoms with Crippen LogP contribution in [0.2, 0.25) is 0 Å². The Labute approximate surface area is 232 Å².